The van der Waals surface area contributed by atoms with Crippen molar-refractivity contribution in [2.75, 3.05) is 31.2 Å². The number of likely N-dealkylation sites (tertiary alicyclic amines) is 1. The van der Waals surface area contributed by atoms with E-state index in [1.165, 1.54) is 30.6 Å². The van der Waals surface area contributed by atoms with E-state index in [4.69, 9.17) is 11.6 Å². The van der Waals surface area contributed by atoms with Crippen molar-refractivity contribution in [3.63, 3.8) is 0 Å². The predicted molar refractivity (Wildman–Crippen MR) is 54.0 cm³/mol. The quantitative estimate of drug-likeness (QED) is 0.619. The number of nitrogens with two attached hydrogens (primary N) is 2. The molecule has 0 unspecified atom stereocenters. The summed E-state index contributed by atoms with van der Waals surface area (Å²) in [5.74, 6) is 6.67. The van der Waals surface area contributed by atoms with Gasteiger partial charge in [0, 0.05) is 13.0 Å². The highest BCUT2D eigenvalue weighted by Crippen LogP contribution is 2.08. The molecule has 0 aliphatic carbocycles. The summed E-state index contributed by atoms with van der Waals surface area (Å²) in [6.07, 6.45) is 3.43. The first-order chi connectivity index (χ1) is 6.77. The Labute approximate surface area is 82.9 Å². The number of aromatic nitrogens is 3. The molecule has 0 radical (unpaired) electrons. The fourth-order valence-electron chi connectivity index (χ4n) is 1.77. The number of nitrogens with zero attached hydrogens (tertiary/aromatic N) is 4. The van der Waals surface area contributed by atoms with Crippen molar-refractivity contribution in [1.82, 2.24) is 19.8 Å². The lowest BCUT2D eigenvalue weighted by Gasteiger charge is -2.13. The van der Waals surface area contributed by atoms with E-state index in [1.807, 2.05) is 0 Å². The molecule has 1 aromatic rings. The van der Waals surface area contributed by atoms with E-state index >= 15 is 0 Å². The van der Waals surface area contributed by atoms with Gasteiger partial charge < -0.3 is 16.5 Å². The van der Waals surface area contributed by atoms with E-state index in [0.717, 1.165) is 18.8 Å². The molecule has 78 valence electrons. The van der Waals surface area contributed by atoms with Crippen molar-refractivity contribution in [2.24, 2.45) is 0 Å². The van der Waals surface area contributed by atoms with Crippen molar-refractivity contribution in [3.05, 3.63) is 5.82 Å². The maximum absolute atomic E-state index is 5.64. The molecule has 0 spiro atoms. The van der Waals surface area contributed by atoms with Gasteiger partial charge >= 0.3 is 0 Å². The fraction of sp³-hybridized carbons (Fsp3) is 0.750. The molecule has 1 aliphatic rings. The predicted octanol–water partition coefficient (Wildman–Crippen LogP) is -0.788. The standard InChI is InChI=1S/C8H16N6/c9-8-12-11-7(14(8)10)3-6-13-4-1-2-5-13/h1-6,10H2,(H2,9,12). The normalized spacial score (nSPS) is 17.7. The summed E-state index contributed by atoms with van der Waals surface area (Å²) in [4.78, 5) is 2.41. The van der Waals surface area contributed by atoms with E-state index < -0.39 is 0 Å². The summed E-state index contributed by atoms with van der Waals surface area (Å²) in [5.41, 5.74) is 5.48. The second-order valence-corrected chi connectivity index (χ2v) is 3.64. The van der Waals surface area contributed by atoms with Crippen LogP contribution < -0.4 is 11.6 Å². The van der Waals surface area contributed by atoms with Gasteiger partial charge in [-0.2, -0.15) is 0 Å². The van der Waals surface area contributed by atoms with E-state index in [2.05, 4.69) is 15.1 Å². The van der Waals surface area contributed by atoms with Gasteiger partial charge in [0.15, 0.2) is 5.82 Å². The number of hydrogen-bond acceptors (Lipinski definition) is 5. The minimum absolute atomic E-state index is 0.279. The van der Waals surface area contributed by atoms with Crippen molar-refractivity contribution in [1.29, 1.82) is 0 Å². The molecule has 1 aromatic heterocycles. The summed E-state index contributed by atoms with van der Waals surface area (Å²) < 4.78 is 1.36. The Kier molecular flexibility index (Phi) is 2.53. The van der Waals surface area contributed by atoms with Gasteiger partial charge in [-0.1, -0.05) is 0 Å². The molecule has 14 heavy (non-hydrogen) atoms. The van der Waals surface area contributed by atoms with Crippen LogP contribution in [0.2, 0.25) is 0 Å². The van der Waals surface area contributed by atoms with Crippen LogP contribution in [0.5, 0.6) is 0 Å². The Hall–Kier alpha value is -1.30. The van der Waals surface area contributed by atoms with Gasteiger partial charge in [0.2, 0.25) is 5.95 Å². The minimum atomic E-state index is 0.279. The van der Waals surface area contributed by atoms with Crippen LogP contribution in [0.25, 0.3) is 0 Å². The lowest BCUT2D eigenvalue weighted by molar-refractivity contribution is 0.340. The number of anilines is 1. The van der Waals surface area contributed by atoms with Crippen LogP contribution in [0.3, 0.4) is 0 Å². The zero-order valence-corrected chi connectivity index (χ0v) is 8.19. The van der Waals surface area contributed by atoms with Gasteiger partial charge in [0.25, 0.3) is 0 Å². The van der Waals surface area contributed by atoms with Crippen molar-refractivity contribution < 1.29 is 0 Å². The molecule has 6 nitrogen and oxygen atoms in total. The van der Waals surface area contributed by atoms with Gasteiger partial charge in [-0.05, 0) is 25.9 Å². The third-order valence-electron chi connectivity index (χ3n) is 2.64. The molecule has 0 aromatic carbocycles. The topological polar surface area (TPSA) is 86.0 Å². The average Bonchev–Trinajstić information content (AvgIpc) is 2.77. The molecule has 1 saturated heterocycles. The van der Waals surface area contributed by atoms with Gasteiger partial charge in [0.05, 0.1) is 0 Å². The van der Waals surface area contributed by atoms with Crippen LogP contribution in [-0.2, 0) is 6.42 Å². The largest absolute Gasteiger partial charge is 0.366 e. The minimum Gasteiger partial charge on any atom is -0.366 e. The molecule has 1 fully saturated rings. The van der Waals surface area contributed by atoms with E-state index in [0.29, 0.717) is 0 Å². The summed E-state index contributed by atoms with van der Waals surface area (Å²) in [7, 11) is 0. The first-order valence-electron chi connectivity index (χ1n) is 4.94. The SMILES string of the molecule is Nc1nnc(CCN2CCCC2)n1N. The molecule has 4 N–H and O–H groups in total. The van der Waals surface area contributed by atoms with Gasteiger partial charge in [-0.15, -0.1) is 10.2 Å². The Balaban J connectivity index is 1.88. The van der Waals surface area contributed by atoms with Crippen LogP contribution >= 0.6 is 0 Å². The molecule has 0 atom stereocenters. The van der Waals surface area contributed by atoms with Crippen LogP contribution in [-0.4, -0.2) is 39.4 Å². The van der Waals surface area contributed by atoms with Crippen LogP contribution in [0, 0.1) is 0 Å². The highest BCUT2D eigenvalue weighted by atomic mass is 15.4. The lowest BCUT2D eigenvalue weighted by atomic mass is 10.4. The first kappa shape index (κ1) is 9.26. The molecule has 1 aliphatic heterocycles. The Morgan fingerprint density at radius 3 is 2.50 bits per heavy atom. The van der Waals surface area contributed by atoms with Crippen LogP contribution in [0.4, 0.5) is 5.95 Å². The molecule has 2 heterocycles. The molecule has 0 bridgehead atoms. The molecule has 0 saturated carbocycles. The third-order valence-corrected chi connectivity index (χ3v) is 2.64. The summed E-state index contributed by atoms with van der Waals surface area (Å²) >= 11 is 0. The average molecular weight is 196 g/mol. The summed E-state index contributed by atoms with van der Waals surface area (Å²) in [6, 6.07) is 0. The number of hydrogen-bond donors (Lipinski definition) is 2. The molecular formula is C8H16N6. The third kappa shape index (κ3) is 1.79. The Morgan fingerprint density at radius 2 is 1.93 bits per heavy atom. The molecule has 2 rings (SSSR count). The van der Waals surface area contributed by atoms with Gasteiger partial charge in [0.1, 0.15) is 0 Å². The highest BCUT2D eigenvalue weighted by molar-refractivity contribution is 5.17. The Morgan fingerprint density at radius 1 is 1.21 bits per heavy atom. The fourth-order valence-corrected chi connectivity index (χ4v) is 1.77. The zero-order valence-electron chi connectivity index (χ0n) is 8.19. The molecule has 6 heteroatoms. The van der Waals surface area contributed by atoms with Crippen molar-refractivity contribution in [3.8, 4) is 0 Å². The zero-order chi connectivity index (χ0) is 9.97. The van der Waals surface area contributed by atoms with Gasteiger partial charge in [-0.3, -0.25) is 0 Å². The molecular weight excluding hydrogens is 180 g/mol. The van der Waals surface area contributed by atoms with E-state index in [-0.39, 0.29) is 5.95 Å². The monoisotopic (exact) mass is 196 g/mol. The Bertz CT molecular complexity index is 301. The van der Waals surface area contributed by atoms with Gasteiger partial charge in [-0.25, -0.2) is 4.68 Å². The van der Waals surface area contributed by atoms with E-state index in [1.54, 1.807) is 0 Å². The van der Waals surface area contributed by atoms with Crippen molar-refractivity contribution in [2.45, 2.75) is 19.3 Å². The smallest absolute Gasteiger partial charge is 0.240 e. The summed E-state index contributed by atoms with van der Waals surface area (Å²) in [6.45, 7) is 3.37. The number of rotatable bonds is 3. The number of nitrogen functional groups attached to an aromatic ring is 2. The van der Waals surface area contributed by atoms with Crippen molar-refractivity contribution >= 4 is 5.95 Å². The van der Waals surface area contributed by atoms with E-state index in [9.17, 15) is 0 Å². The van der Waals surface area contributed by atoms with Crippen LogP contribution in [0.1, 0.15) is 18.7 Å². The summed E-state index contributed by atoms with van der Waals surface area (Å²) in [5, 5.41) is 7.62. The maximum Gasteiger partial charge on any atom is 0.240 e. The first-order valence-corrected chi connectivity index (χ1v) is 4.94. The maximum atomic E-state index is 5.64. The van der Waals surface area contributed by atoms with Crippen LogP contribution in [0.15, 0.2) is 0 Å². The highest BCUT2D eigenvalue weighted by Gasteiger charge is 2.13. The lowest BCUT2D eigenvalue weighted by Crippen LogP contribution is -2.24. The second-order valence-electron chi connectivity index (χ2n) is 3.64. The molecule has 0 amide bonds. The second kappa shape index (κ2) is 3.83.